The summed E-state index contributed by atoms with van der Waals surface area (Å²) in [6, 6.07) is 24.0. The van der Waals surface area contributed by atoms with E-state index in [-0.39, 0.29) is 37.4 Å². The number of carbonyl (C=O) groups excluding carboxylic acids is 2. The van der Waals surface area contributed by atoms with Crippen LogP contribution in [0.25, 0.3) is 0 Å². The second kappa shape index (κ2) is 14.1. The van der Waals surface area contributed by atoms with Crippen molar-refractivity contribution in [3.63, 3.8) is 0 Å². The highest BCUT2D eigenvalue weighted by Crippen LogP contribution is 2.21. The van der Waals surface area contributed by atoms with Crippen LogP contribution in [0.4, 0.5) is 5.69 Å². The fourth-order valence-corrected chi connectivity index (χ4v) is 5.62. The standard InChI is InChI=1S/C32H41N3O4S/c1-24(2)33-32(37)30(22-27-12-7-6-8-13-27)34(23-28-14-9-11-26(4)21-28)31(36)15-10-20-35(40(5,38)39)29-18-16-25(3)17-19-29/h6-9,11-14,16-19,21,24,30H,10,15,20,22-23H2,1-5H3,(H,33,37)/t30-/m0/s1. The molecule has 0 aromatic heterocycles. The van der Waals surface area contributed by atoms with E-state index in [0.29, 0.717) is 18.5 Å². The number of amides is 2. The van der Waals surface area contributed by atoms with Crippen LogP contribution in [0.1, 0.15) is 48.9 Å². The predicted octanol–water partition coefficient (Wildman–Crippen LogP) is 5.01. The van der Waals surface area contributed by atoms with Crippen molar-refractivity contribution in [1.82, 2.24) is 10.2 Å². The lowest BCUT2D eigenvalue weighted by atomic mass is 10.0. The zero-order valence-corrected chi connectivity index (χ0v) is 24.9. The summed E-state index contributed by atoms with van der Waals surface area (Å²) in [6.45, 7) is 8.17. The Hall–Kier alpha value is -3.65. The van der Waals surface area contributed by atoms with Crippen molar-refractivity contribution in [2.45, 2.75) is 65.6 Å². The van der Waals surface area contributed by atoms with Crippen molar-refractivity contribution in [3.05, 3.63) is 101 Å². The van der Waals surface area contributed by atoms with Crippen LogP contribution in [0.3, 0.4) is 0 Å². The van der Waals surface area contributed by atoms with Gasteiger partial charge in [0.15, 0.2) is 0 Å². The maximum absolute atomic E-state index is 13.8. The van der Waals surface area contributed by atoms with Gasteiger partial charge in [-0.05, 0) is 57.4 Å². The molecule has 2 amide bonds. The van der Waals surface area contributed by atoms with E-state index in [9.17, 15) is 18.0 Å². The van der Waals surface area contributed by atoms with Gasteiger partial charge in [0.05, 0.1) is 11.9 Å². The Kier molecular flexibility index (Phi) is 10.9. The molecule has 0 spiro atoms. The summed E-state index contributed by atoms with van der Waals surface area (Å²) >= 11 is 0. The fourth-order valence-electron chi connectivity index (χ4n) is 4.66. The Morgan fingerprint density at radius 2 is 1.50 bits per heavy atom. The molecule has 0 bridgehead atoms. The van der Waals surface area contributed by atoms with Crippen molar-refractivity contribution < 1.29 is 18.0 Å². The topological polar surface area (TPSA) is 86.8 Å². The van der Waals surface area contributed by atoms with E-state index in [1.54, 1.807) is 17.0 Å². The van der Waals surface area contributed by atoms with E-state index in [0.717, 1.165) is 22.3 Å². The molecular weight excluding hydrogens is 522 g/mol. The number of hydrogen-bond donors (Lipinski definition) is 1. The van der Waals surface area contributed by atoms with Gasteiger partial charge < -0.3 is 10.2 Å². The zero-order chi connectivity index (χ0) is 29.3. The molecule has 0 saturated carbocycles. The first kappa shape index (κ1) is 30.9. The number of benzene rings is 3. The van der Waals surface area contributed by atoms with Crippen molar-refractivity contribution >= 4 is 27.5 Å². The van der Waals surface area contributed by atoms with E-state index in [1.807, 2.05) is 94.4 Å². The molecule has 1 N–H and O–H groups in total. The van der Waals surface area contributed by atoms with Crippen LogP contribution >= 0.6 is 0 Å². The second-order valence-corrected chi connectivity index (χ2v) is 12.6. The van der Waals surface area contributed by atoms with E-state index in [4.69, 9.17) is 0 Å². The molecule has 0 saturated heterocycles. The van der Waals surface area contributed by atoms with Crippen LogP contribution in [0.5, 0.6) is 0 Å². The molecule has 0 unspecified atom stereocenters. The molecule has 0 heterocycles. The normalized spacial score (nSPS) is 12.2. The molecule has 0 aliphatic carbocycles. The quantitative estimate of drug-likeness (QED) is 0.317. The summed E-state index contributed by atoms with van der Waals surface area (Å²) in [6.07, 6.45) is 1.96. The lowest BCUT2D eigenvalue weighted by Gasteiger charge is -2.32. The molecule has 3 rings (SSSR count). The highest BCUT2D eigenvalue weighted by atomic mass is 32.2. The van der Waals surface area contributed by atoms with Gasteiger partial charge in [0, 0.05) is 32.0 Å². The van der Waals surface area contributed by atoms with Crippen molar-refractivity contribution in [3.8, 4) is 0 Å². The number of nitrogens with zero attached hydrogens (tertiary/aromatic N) is 2. The number of carbonyl (C=O) groups is 2. The van der Waals surface area contributed by atoms with Gasteiger partial charge in [0.25, 0.3) is 0 Å². The minimum absolute atomic E-state index is 0.0838. The van der Waals surface area contributed by atoms with E-state index < -0.39 is 16.1 Å². The largest absolute Gasteiger partial charge is 0.352 e. The Morgan fingerprint density at radius 3 is 2.10 bits per heavy atom. The number of rotatable bonds is 13. The lowest BCUT2D eigenvalue weighted by molar-refractivity contribution is -0.141. The summed E-state index contributed by atoms with van der Waals surface area (Å²) in [5.74, 6) is -0.407. The van der Waals surface area contributed by atoms with E-state index in [1.165, 1.54) is 10.6 Å². The van der Waals surface area contributed by atoms with Gasteiger partial charge in [-0.1, -0.05) is 77.9 Å². The molecule has 0 aliphatic rings. The van der Waals surface area contributed by atoms with Gasteiger partial charge in [-0.25, -0.2) is 8.42 Å². The minimum Gasteiger partial charge on any atom is -0.352 e. The molecule has 40 heavy (non-hydrogen) atoms. The van der Waals surface area contributed by atoms with Crippen LogP contribution in [0.2, 0.25) is 0 Å². The van der Waals surface area contributed by atoms with Crippen LogP contribution in [0.15, 0.2) is 78.9 Å². The first-order valence-electron chi connectivity index (χ1n) is 13.7. The van der Waals surface area contributed by atoms with Gasteiger partial charge >= 0.3 is 0 Å². The smallest absolute Gasteiger partial charge is 0.243 e. The molecular formula is C32H41N3O4S. The van der Waals surface area contributed by atoms with Gasteiger partial charge in [-0.3, -0.25) is 13.9 Å². The fraction of sp³-hybridized carbons (Fsp3) is 0.375. The van der Waals surface area contributed by atoms with Crippen molar-refractivity contribution in [2.75, 3.05) is 17.1 Å². The number of nitrogens with one attached hydrogen (secondary N) is 1. The molecule has 8 heteroatoms. The maximum Gasteiger partial charge on any atom is 0.243 e. The monoisotopic (exact) mass is 563 g/mol. The number of aryl methyl sites for hydroxylation is 2. The minimum atomic E-state index is -3.54. The molecule has 214 valence electrons. The number of anilines is 1. The molecule has 0 aliphatic heterocycles. The predicted molar refractivity (Wildman–Crippen MR) is 162 cm³/mol. The third kappa shape index (κ3) is 9.23. The zero-order valence-electron chi connectivity index (χ0n) is 24.1. The number of hydrogen-bond acceptors (Lipinski definition) is 4. The van der Waals surface area contributed by atoms with Crippen LogP contribution < -0.4 is 9.62 Å². The molecule has 0 radical (unpaired) electrons. The Balaban J connectivity index is 1.87. The Labute approximate surface area is 239 Å². The maximum atomic E-state index is 13.8. The van der Waals surface area contributed by atoms with E-state index in [2.05, 4.69) is 5.32 Å². The van der Waals surface area contributed by atoms with Crippen LogP contribution in [-0.2, 0) is 32.6 Å². The first-order valence-corrected chi connectivity index (χ1v) is 15.5. The summed E-state index contributed by atoms with van der Waals surface area (Å²) in [5, 5.41) is 3.00. The summed E-state index contributed by atoms with van der Waals surface area (Å²) in [4.78, 5) is 29.0. The molecule has 3 aromatic carbocycles. The third-order valence-electron chi connectivity index (χ3n) is 6.61. The average molecular weight is 564 g/mol. The lowest BCUT2D eigenvalue weighted by Crippen LogP contribution is -2.51. The van der Waals surface area contributed by atoms with Gasteiger partial charge in [0.1, 0.15) is 6.04 Å². The SMILES string of the molecule is Cc1ccc(N(CCCC(=O)N(Cc2cccc(C)c2)[C@@H](Cc2ccccc2)C(=O)NC(C)C)S(C)(=O)=O)cc1. The van der Waals surface area contributed by atoms with Crippen molar-refractivity contribution in [1.29, 1.82) is 0 Å². The van der Waals surface area contributed by atoms with Crippen molar-refractivity contribution in [2.24, 2.45) is 0 Å². The van der Waals surface area contributed by atoms with Gasteiger partial charge in [0.2, 0.25) is 21.8 Å². The second-order valence-electron chi connectivity index (χ2n) is 10.7. The highest BCUT2D eigenvalue weighted by Gasteiger charge is 2.31. The van der Waals surface area contributed by atoms with Crippen LogP contribution in [-0.4, -0.2) is 50.0 Å². The van der Waals surface area contributed by atoms with E-state index >= 15 is 0 Å². The third-order valence-corrected chi connectivity index (χ3v) is 7.81. The van der Waals surface area contributed by atoms with Gasteiger partial charge in [-0.2, -0.15) is 0 Å². The molecule has 7 nitrogen and oxygen atoms in total. The Morgan fingerprint density at radius 1 is 0.850 bits per heavy atom. The molecule has 3 aromatic rings. The average Bonchev–Trinajstić information content (AvgIpc) is 2.89. The molecule has 0 fully saturated rings. The van der Waals surface area contributed by atoms with Crippen LogP contribution in [0, 0.1) is 13.8 Å². The molecule has 1 atom stereocenters. The summed E-state index contributed by atoms with van der Waals surface area (Å²) < 4.78 is 26.5. The number of sulfonamides is 1. The summed E-state index contributed by atoms with van der Waals surface area (Å²) in [7, 11) is -3.54. The highest BCUT2D eigenvalue weighted by molar-refractivity contribution is 7.92. The Bertz CT molecular complexity index is 1370. The first-order chi connectivity index (χ1) is 18.9. The summed E-state index contributed by atoms with van der Waals surface area (Å²) in [5.41, 5.74) is 4.55. The van der Waals surface area contributed by atoms with Gasteiger partial charge in [-0.15, -0.1) is 0 Å².